The van der Waals surface area contributed by atoms with E-state index in [1.807, 2.05) is 80.5 Å². The van der Waals surface area contributed by atoms with Crippen molar-refractivity contribution < 1.29 is 9.59 Å². The highest BCUT2D eigenvalue weighted by Gasteiger charge is 2.17. The van der Waals surface area contributed by atoms with Crippen LogP contribution in [0.5, 0.6) is 0 Å². The number of nitrogens with one attached hydrogen (secondary N) is 3. The summed E-state index contributed by atoms with van der Waals surface area (Å²) in [4.78, 5) is 27.2. The van der Waals surface area contributed by atoms with Gasteiger partial charge < -0.3 is 20.9 Å². The summed E-state index contributed by atoms with van der Waals surface area (Å²) < 4.78 is 0. The Morgan fingerprint density at radius 3 is 2.03 bits per heavy atom. The van der Waals surface area contributed by atoms with Gasteiger partial charge in [-0.25, -0.2) is 4.79 Å². The lowest BCUT2D eigenvalue weighted by atomic mass is 10.1. The van der Waals surface area contributed by atoms with Gasteiger partial charge in [0.2, 0.25) is 0 Å². The van der Waals surface area contributed by atoms with Crippen molar-refractivity contribution in [1.29, 1.82) is 0 Å². The molecule has 0 aliphatic carbocycles. The number of nitrogens with zero attached hydrogens (tertiary/aromatic N) is 1. The van der Waals surface area contributed by atoms with E-state index in [9.17, 15) is 9.59 Å². The number of hydrogen-bond acceptors (Lipinski definition) is 3. The van der Waals surface area contributed by atoms with Gasteiger partial charge in [-0.05, 0) is 42.8 Å². The van der Waals surface area contributed by atoms with Gasteiger partial charge in [0.25, 0.3) is 5.91 Å². The van der Waals surface area contributed by atoms with Crippen LogP contribution in [-0.4, -0.2) is 26.0 Å². The minimum atomic E-state index is -0.372. The van der Waals surface area contributed by atoms with Crippen molar-refractivity contribution in [2.24, 2.45) is 0 Å². The molecule has 1 atom stereocenters. The summed E-state index contributed by atoms with van der Waals surface area (Å²) in [7, 11) is 3.75. The minimum absolute atomic E-state index is 0.147. The average molecular weight is 402 g/mol. The smallest absolute Gasteiger partial charge is 0.323 e. The Hall–Kier alpha value is -3.80. The highest BCUT2D eigenvalue weighted by molar-refractivity contribution is 6.04. The van der Waals surface area contributed by atoms with Gasteiger partial charge in [-0.3, -0.25) is 4.79 Å². The molecule has 0 spiro atoms. The Balaban J connectivity index is 1.77. The summed E-state index contributed by atoms with van der Waals surface area (Å²) in [5.74, 6) is -0.206. The molecule has 3 rings (SSSR count). The first-order chi connectivity index (χ1) is 14.4. The van der Waals surface area contributed by atoms with Crippen LogP contribution in [0, 0.1) is 0 Å². The van der Waals surface area contributed by atoms with Crippen LogP contribution < -0.4 is 20.9 Å². The van der Waals surface area contributed by atoms with Crippen molar-refractivity contribution >= 4 is 29.0 Å². The molecule has 0 fully saturated rings. The third-order valence-corrected chi connectivity index (χ3v) is 4.66. The lowest BCUT2D eigenvalue weighted by Crippen LogP contribution is -2.28. The third kappa shape index (κ3) is 5.38. The highest BCUT2D eigenvalue weighted by atomic mass is 16.2. The van der Waals surface area contributed by atoms with Crippen LogP contribution in [0.15, 0.2) is 78.9 Å². The first-order valence-corrected chi connectivity index (χ1v) is 9.74. The lowest BCUT2D eigenvalue weighted by Gasteiger charge is -2.20. The fraction of sp³-hybridized carbons (Fsp3) is 0.167. The third-order valence-electron chi connectivity index (χ3n) is 4.66. The maximum atomic E-state index is 13.0. The molecule has 0 saturated carbocycles. The monoisotopic (exact) mass is 402 g/mol. The molecule has 6 nitrogen and oxygen atoms in total. The summed E-state index contributed by atoms with van der Waals surface area (Å²) in [6.07, 6.45) is 0. The van der Waals surface area contributed by atoms with Crippen LogP contribution in [0.25, 0.3) is 0 Å². The molecule has 0 heterocycles. The van der Waals surface area contributed by atoms with Crippen molar-refractivity contribution in [2.45, 2.75) is 13.0 Å². The Kier molecular flexibility index (Phi) is 6.70. The predicted molar refractivity (Wildman–Crippen MR) is 122 cm³/mol. The molecule has 3 N–H and O–H groups in total. The number of rotatable bonds is 6. The van der Waals surface area contributed by atoms with Gasteiger partial charge in [0, 0.05) is 31.2 Å². The van der Waals surface area contributed by atoms with Crippen LogP contribution in [0.2, 0.25) is 0 Å². The maximum absolute atomic E-state index is 13.0. The van der Waals surface area contributed by atoms with Crippen LogP contribution in [0.4, 0.5) is 21.9 Å². The Morgan fingerprint density at radius 2 is 1.40 bits per heavy atom. The van der Waals surface area contributed by atoms with E-state index in [-0.39, 0.29) is 18.0 Å². The van der Waals surface area contributed by atoms with Gasteiger partial charge in [0.1, 0.15) is 0 Å². The molecule has 3 aromatic carbocycles. The van der Waals surface area contributed by atoms with E-state index in [0.717, 1.165) is 11.3 Å². The fourth-order valence-electron chi connectivity index (χ4n) is 3.10. The van der Waals surface area contributed by atoms with Crippen LogP contribution in [0.1, 0.15) is 28.9 Å². The Labute approximate surface area is 176 Å². The van der Waals surface area contributed by atoms with E-state index in [4.69, 9.17) is 0 Å². The van der Waals surface area contributed by atoms with Crippen LogP contribution >= 0.6 is 0 Å². The lowest BCUT2D eigenvalue weighted by molar-refractivity contribution is 0.0940. The molecule has 0 saturated heterocycles. The van der Waals surface area contributed by atoms with Gasteiger partial charge in [0.05, 0.1) is 11.6 Å². The second-order valence-electron chi connectivity index (χ2n) is 7.18. The molecule has 0 aromatic heterocycles. The van der Waals surface area contributed by atoms with E-state index in [1.54, 1.807) is 24.3 Å². The quantitative estimate of drug-likeness (QED) is 0.550. The molecule has 0 bridgehead atoms. The molecular weight excluding hydrogens is 376 g/mol. The van der Waals surface area contributed by atoms with Gasteiger partial charge in [-0.2, -0.15) is 0 Å². The second-order valence-corrected chi connectivity index (χ2v) is 7.18. The zero-order valence-electron chi connectivity index (χ0n) is 17.3. The molecule has 30 heavy (non-hydrogen) atoms. The van der Waals surface area contributed by atoms with E-state index >= 15 is 0 Å². The molecule has 1 unspecified atom stereocenters. The number of amides is 3. The SMILES string of the molecule is CC(NC(=O)c1cc(NC(=O)Nc2ccccc2)ccc1N(C)C)c1ccccc1. The number of urea groups is 1. The molecule has 0 radical (unpaired) electrons. The molecule has 3 aromatic rings. The van der Waals surface area contributed by atoms with E-state index < -0.39 is 0 Å². The van der Waals surface area contributed by atoms with Crippen molar-refractivity contribution in [3.8, 4) is 0 Å². The normalized spacial score (nSPS) is 11.3. The average Bonchev–Trinajstić information content (AvgIpc) is 2.74. The first-order valence-electron chi connectivity index (χ1n) is 9.74. The van der Waals surface area contributed by atoms with E-state index in [1.165, 1.54) is 0 Å². The van der Waals surface area contributed by atoms with Crippen molar-refractivity contribution in [3.63, 3.8) is 0 Å². The Morgan fingerprint density at radius 1 is 0.800 bits per heavy atom. The topological polar surface area (TPSA) is 73.5 Å². The van der Waals surface area contributed by atoms with Crippen molar-refractivity contribution in [2.75, 3.05) is 29.6 Å². The minimum Gasteiger partial charge on any atom is -0.377 e. The molecule has 3 amide bonds. The van der Waals surface area contributed by atoms with Crippen molar-refractivity contribution in [3.05, 3.63) is 90.0 Å². The standard InChI is InChI=1S/C24H26N4O2/c1-17(18-10-6-4-7-11-18)25-23(29)21-16-20(14-15-22(21)28(2)3)27-24(30)26-19-12-8-5-9-13-19/h4-17H,1-3H3,(H,25,29)(H2,26,27,30). The first kappa shape index (κ1) is 20.9. The predicted octanol–water partition coefficient (Wildman–Crippen LogP) is 4.89. The van der Waals surface area contributed by atoms with Gasteiger partial charge in [-0.15, -0.1) is 0 Å². The number of hydrogen-bond donors (Lipinski definition) is 3. The van der Waals surface area contributed by atoms with Gasteiger partial charge in [0.15, 0.2) is 0 Å². The summed E-state index contributed by atoms with van der Waals surface area (Å²) >= 11 is 0. The maximum Gasteiger partial charge on any atom is 0.323 e. The molecule has 0 aliphatic heterocycles. The number of anilines is 3. The highest BCUT2D eigenvalue weighted by Crippen LogP contribution is 2.24. The molecule has 6 heteroatoms. The largest absolute Gasteiger partial charge is 0.377 e. The molecule has 0 aliphatic rings. The summed E-state index contributed by atoms with van der Waals surface area (Å²) in [6.45, 7) is 1.94. The van der Waals surface area contributed by atoms with E-state index in [2.05, 4.69) is 16.0 Å². The zero-order chi connectivity index (χ0) is 21.5. The van der Waals surface area contributed by atoms with Crippen LogP contribution in [0.3, 0.4) is 0 Å². The van der Waals surface area contributed by atoms with Crippen LogP contribution in [-0.2, 0) is 0 Å². The summed E-state index contributed by atoms with van der Waals surface area (Å²) in [5.41, 5.74) is 3.50. The summed E-state index contributed by atoms with van der Waals surface area (Å²) in [5, 5.41) is 8.59. The number of benzene rings is 3. The van der Waals surface area contributed by atoms with Crippen molar-refractivity contribution in [1.82, 2.24) is 5.32 Å². The second kappa shape index (κ2) is 9.60. The number of para-hydroxylation sites is 1. The number of carbonyl (C=O) groups excluding carboxylic acids is 2. The molecule has 154 valence electrons. The van der Waals surface area contributed by atoms with Gasteiger partial charge in [-0.1, -0.05) is 48.5 Å². The van der Waals surface area contributed by atoms with Gasteiger partial charge >= 0.3 is 6.03 Å². The number of carbonyl (C=O) groups is 2. The zero-order valence-corrected chi connectivity index (χ0v) is 17.3. The summed E-state index contributed by atoms with van der Waals surface area (Å²) in [6, 6.07) is 23.7. The van der Waals surface area contributed by atoms with E-state index in [0.29, 0.717) is 16.9 Å². The Bertz CT molecular complexity index is 1000. The fourth-order valence-corrected chi connectivity index (χ4v) is 3.10. The molecular formula is C24H26N4O2.